The Balaban J connectivity index is 2.26. The van der Waals surface area contributed by atoms with Crippen molar-refractivity contribution in [3.05, 3.63) is 63.7 Å². The van der Waals surface area contributed by atoms with E-state index in [9.17, 15) is 44.5 Å². The highest BCUT2D eigenvalue weighted by Crippen LogP contribution is 2.35. The van der Waals surface area contributed by atoms with Crippen molar-refractivity contribution in [1.82, 2.24) is 0 Å². The van der Waals surface area contributed by atoms with Crippen molar-refractivity contribution < 1.29 is 39.3 Å². The maximum Gasteiger partial charge on any atom is 0.297 e. The summed E-state index contributed by atoms with van der Waals surface area (Å²) in [5.74, 6) is 0. The summed E-state index contributed by atoms with van der Waals surface area (Å²) in [6, 6.07) is 7.52. The Morgan fingerprint density at radius 1 is 0.875 bits per heavy atom. The number of nitro groups is 1. The van der Waals surface area contributed by atoms with Gasteiger partial charge in [-0.1, -0.05) is 29.8 Å². The van der Waals surface area contributed by atoms with Crippen molar-refractivity contribution in [3.63, 3.8) is 0 Å². The average Bonchev–Trinajstić information content (AvgIpc) is 2.65. The first kappa shape index (κ1) is 23.8. The highest BCUT2D eigenvalue weighted by molar-refractivity contribution is 7.93. The van der Waals surface area contributed by atoms with Gasteiger partial charge in [0.15, 0.2) is 0 Å². The summed E-state index contributed by atoms with van der Waals surface area (Å²) in [5.41, 5.74) is -1.40. The highest BCUT2D eigenvalue weighted by Gasteiger charge is 2.27. The Bertz CT molecular complexity index is 1600. The molecule has 0 aliphatic rings. The topological polar surface area (TPSA) is 198 Å². The summed E-state index contributed by atoms with van der Waals surface area (Å²) in [7, 11) is -14.6. The smallest absolute Gasteiger partial charge is 0.282 e. The number of nitro benzene ring substituents is 1. The van der Waals surface area contributed by atoms with E-state index in [1.54, 1.807) is 0 Å². The minimum atomic E-state index is -5.14. The Hall–Kier alpha value is -2.82. The van der Waals surface area contributed by atoms with Crippen molar-refractivity contribution in [2.75, 3.05) is 4.72 Å². The van der Waals surface area contributed by atoms with Crippen LogP contribution in [-0.4, -0.2) is 39.3 Å². The first-order chi connectivity index (χ1) is 14.6. The molecule has 0 aromatic heterocycles. The Kier molecular flexibility index (Phi) is 5.92. The molecule has 3 aromatic carbocycles. The van der Waals surface area contributed by atoms with Gasteiger partial charge in [0.2, 0.25) is 0 Å². The Labute approximate surface area is 186 Å². The van der Waals surface area contributed by atoms with Gasteiger partial charge in [-0.05, 0) is 24.3 Å². The van der Waals surface area contributed by atoms with Gasteiger partial charge in [-0.2, -0.15) is 16.8 Å². The molecule has 0 heterocycles. The molecule has 3 aromatic rings. The number of benzene rings is 3. The molecule has 170 valence electrons. The van der Waals surface area contributed by atoms with Gasteiger partial charge in [-0.25, -0.2) is 8.42 Å². The number of anilines is 1. The van der Waals surface area contributed by atoms with Crippen LogP contribution in [-0.2, 0) is 30.3 Å². The zero-order valence-corrected chi connectivity index (χ0v) is 18.5. The molecule has 0 saturated heterocycles. The van der Waals surface area contributed by atoms with Crippen LogP contribution in [0.5, 0.6) is 0 Å². The first-order valence-corrected chi connectivity index (χ1v) is 12.8. The Morgan fingerprint density at radius 2 is 1.53 bits per heavy atom. The maximum absolute atomic E-state index is 12.7. The summed E-state index contributed by atoms with van der Waals surface area (Å²) in [6.45, 7) is 0. The van der Waals surface area contributed by atoms with E-state index in [2.05, 4.69) is 0 Å². The molecule has 0 saturated carbocycles. The average molecular weight is 523 g/mol. The van der Waals surface area contributed by atoms with Gasteiger partial charge in [-0.3, -0.25) is 23.9 Å². The molecule has 3 rings (SSSR count). The highest BCUT2D eigenvalue weighted by atomic mass is 35.5. The van der Waals surface area contributed by atoms with Crippen LogP contribution in [0.15, 0.2) is 63.2 Å². The molecule has 0 unspecified atom stereocenters. The van der Waals surface area contributed by atoms with Gasteiger partial charge in [0.1, 0.15) is 14.8 Å². The summed E-state index contributed by atoms with van der Waals surface area (Å²) >= 11 is 5.66. The number of hydrogen-bond acceptors (Lipinski definition) is 8. The van der Waals surface area contributed by atoms with Crippen LogP contribution in [0.25, 0.3) is 10.8 Å². The predicted octanol–water partition coefficient (Wildman–Crippen LogP) is 2.70. The van der Waals surface area contributed by atoms with Crippen LogP contribution in [0, 0.1) is 10.1 Å². The lowest BCUT2D eigenvalue weighted by molar-refractivity contribution is -0.384. The summed E-state index contributed by atoms with van der Waals surface area (Å²) in [6.07, 6.45) is 0. The van der Waals surface area contributed by atoms with Gasteiger partial charge < -0.3 is 0 Å². The van der Waals surface area contributed by atoms with Crippen molar-refractivity contribution in [2.24, 2.45) is 0 Å². The number of sulfonamides is 1. The van der Waals surface area contributed by atoms with Crippen molar-refractivity contribution in [3.8, 4) is 0 Å². The molecule has 0 atom stereocenters. The third-order valence-corrected chi connectivity index (χ3v) is 7.73. The van der Waals surface area contributed by atoms with E-state index >= 15 is 0 Å². The fourth-order valence-corrected chi connectivity index (χ4v) is 5.79. The lowest BCUT2D eigenvalue weighted by Gasteiger charge is -2.14. The summed E-state index contributed by atoms with van der Waals surface area (Å²) in [5, 5.41) is 9.97. The zero-order valence-electron chi connectivity index (χ0n) is 15.3. The molecule has 0 fully saturated rings. The van der Waals surface area contributed by atoms with Crippen LogP contribution in [0.2, 0.25) is 5.02 Å². The minimum absolute atomic E-state index is 0.312. The maximum atomic E-state index is 12.7. The lowest BCUT2D eigenvalue weighted by Crippen LogP contribution is -2.16. The molecule has 0 aliphatic carbocycles. The van der Waals surface area contributed by atoms with Gasteiger partial charge in [0.05, 0.1) is 15.5 Å². The molecular weight excluding hydrogens is 512 g/mol. The molecule has 0 aliphatic heterocycles. The van der Waals surface area contributed by atoms with Crippen LogP contribution >= 0.6 is 11.6 Å². The van der Waals surface area contributed by atoms with Gasteiger partial charge in [-0.15, -0.1) is 0 Å². The molecule has 12 nitrogen and oxygen atoms in total. The SMILES string of the molecule is O=[N+]([O-])c1cc(S(=O)(=O)Nc2ccc3c(S(=O)(=O)O)cccc3c2S(=O)(=O)O)ccc1Cl. The number of halogens is 1. The molecule has 32 heavy (non-hydrogen) atoms. The molecule has 0 radical (unpaired) electrons. The van der Waals surface area contributed by atoms with E-state index in [4.69, 9.17) is 11.6 Å². The van der Waals surface area contributed by atoms with Gasteiger partial charge in [0, 0.05) is 16.8 Å². The van der Waals surface area contributed by atoms with Crippen LogP contribution in [0.3, 0.4) is 0 Å². The number of nitrogens with zero attached hydrogens (tertiary/aromatic N) is 1. The number of rotatable bonds is 6. The summed E-state index contributed by atoms with van der Waals surface area (Å²) in [4.78, 5) is 7.80. The van der Waals surface area contributed by atoms with E-state index in [1.807, 2.05) is 4.72 Å². The second kappa shape index (κ2) is 7.95. The molecular formula is C16H11ClN2O10S3. The van der Waals surface area contributed by atoms with E-state index in [0.717, 1.165) is 42.5 Å². The standard InChI is InChI=1S/C16H11ClN2O10S3/c17-12-6-4-9(8-14(12)19(20)21)30(22,23)18-13-7-5-10-11(16(13)32(27,28)29)2-1-3-15(10)31(24,25)26/h1-8,18H,(H,24,25,26)(H,27,28,29). The quantitative estimate of drug-likeness (QED) is 0.245. The van der Waals surface area contributed by atoms with Gasteiger partial charge in [0.25, 0.3) is 35.9 Å². The zero-order chi connectivity index (χ0) is 24.1. The number of fused-ring (bicyclic) bond motifs is 1. The third kappa shape index (κ3) is 4.52. The Morgan fingerprint density at radius 3 is 2.09 bits per heavy atom. The van der Waals surface area contributed by atoms with Gasteiger partial charge >= 0.3 is 0 Å². The van der Waals surface area contributed by atoms with Crippen LogP contribution < -0.4 is 4.72 Å². The number of hydrogen-bond donors (Lipinski definition) is 3. The monoisotopic (exact) mass is 522 g/mol. The third-order valence-electron chi connectivity index (χ3n) is 4.18. The van der Waals surface area contributed by atoms with Crippen molar-refractivity contribution in [1.29, 1.82) is 0 Å². The van der Waals surface area contributed by atoms with Crippen LogP contribution in [0.1, 0.15) is 0 Å². The molecule has 16 heteroatoms. The summed E-state index contributed by atoms with van der Waals surface area (Å²) < 4.78 is 93.7. The fraction of sp³-hybridized carbons (Fsp3) is 0. The van der Waals surface area contributed by atoms with Crippen LogP contribution in [0.4, 0.5) is 11.4 Å². The van der Waals surface area contributed by atoms with E-state index in [-0.39, 0.29) is 10.4 Å². The molecule has 0 bridgehead atoms. The first-order valence-electron chi connectivity index (χ1n) is 8.10. The number of nitrogens with one attached hydrogen (secondary N) is 1. The second-order valence-electron chi connectivity index (χ2n) is 6.22. The largest absolute Gasteiger partial charge is 0.297 e. The van der Waals surface area contributed by atoms with E-state index in [0.29, 0.717) is 6.07 Å². The normalized spacial score (nSPS) is 12.6. The molecule has 3 N–H and O–H groups in total. The lowest BCUT2D eigenvalue weighted by atomic mass is 10.1. The fourth-order valence-electron chi connectivity index (χ4n) is 2.89. The second-order valence-corrected chi connectivity index (χ2v) is 11.1. The van der Waals surface area contributed by atoms with Crippen molar-refractivity contribution >= 4 is 64.0 Å². The van der Waals surface area contributed by atoms with Crippen molar-refractivity contribution in [2.45, 2.75) is 14.7 Å². The van der Waals surface area contributed by atoms with E-state index < -0.39 is 66.6 Å². The predicted molar refractivity (Wildman–Crippen MR) is 112 cm³/mol. The molecule has 0 amide bonds. The van der Waals surface area contributed by atoms with E-state index in [1.165, 1.54) is 0 Å². The molecule has 0 spiro atoms. The minimum Gasteiger partial charge on any atom is -0.282 e.